The van der Waals surface area contributed by atoms with Gasteiger partial charge in [0.25, 0.3) is 0 Å². The van der Waals surface area contributed by atoms with Crippen molar-refractivity contribution in [2.45, 2.75) is 52.4 Å². The summed E-state index contributed by atoms with van der Waals surface area (Å²) in [5.41, 5.74) is 0. The van der Waals surface area contributed by atoms with Gasteiger partial charge in [-0.1, -0.05) is 26.0 Å². The van der Waals surface area contributed by atoms with Crippen molar-refractivity contribution in [2.75, 3.05) is 13.2 Å². The van der Waals surface area contributed by atoms with Crippen LogP contribution in [0.3, 0.4) is 0 Å². The molecule has 0 aliphatic rings. The Labute approximate surface area is 109 Å². The summed E-state index contributed by atoms with van der Waals surface area (Å²) in [5, 5.41) is 0. The second-order valence-corrected chi connectivity index (χ2v) is 3.99. The number of hydrogen-bond acceptors (Lipinski definition) is 4. The van der Waals surface area contributed by atoms with Gasteiger partial charge in [-0.15, -0.1) is 0 Å². The van der Waals surface area contributed by atoms with Crippen LogP contribution in [0.4, 0.5) is 0 Å². The van der Waals surface area contributed by atoms with Crippen molar-refractivity contribution in [3.63, 3.8) is 0 Å². The summed E-state index contributed by atoms with van der Waals surface area (Å²) in [5.74, 6) is -0.326. The van der Waals surface area contributed by atoms with Gasteiger partial charge < -0.3 is 9.47 Å². The van der Waals surface area contributed by atoms with E-state index in [0.29, 0.717) is 38.9 Å². The van der Waals surface area contributed by atoms with Crippen molar-refractivity contribution in [3.05, 3.63) is 12.2 Å². The molecule has 0 unspecified atom stereocenters. The maximum atomic E-state index is 11.1. The normalized spacial score (nSPS) is 10.6. The Morgan fingerprint density at radius 3 is 1.56 bits per heavy atom. The molecule has 0 amide bonds. The molecule has 104 valence electrons. The Hall–Kier alpha value is -1.32. The minimum Gasteiger partial charge on any atom is -0.466 e. The largest absolute Gasteiger partial charge is 0.466 e. The van der Waals surface area contributed by atoms with E-state index in [-0.39, 0.29) is 11.9 Å². The van der Waals surface area contributed by atoms with Gasteiger partial charge in [-0.3, -0.25) is 9.59 Å². The van der Waals surface area contributed by atoms with Crippen LogP contribution < -0.4 is 0 Å². The Morgan fingerprint density at radius 1 is 0.833 bits per heavy atom. The highest BCUT2D eigenvalue weighted by atomic mass is 16.5. The van der Waals surface area contributed by atoms with Gasteiger partial charge in [0.1, 0.15) is 0 Å². The fourth-order valence-corrected chi connectivity index (χ4v) is 1.21. The van der Waals surface area contributed by atoms with Gasteiger partial charge in [-0.25, -0.2) is 0 Å². The van der Waals surface area contributed by atoms with Crippen molar-refractivity contribution >= 4 is 11.9 Å². The molecule has 0 N–H and O–H groups in total. The first kappa shape index (κ1) is 16.7. The van der Waals surface area contributed by atoms with Crippen LogP contribution in [0.1, 0.15) is 52.4 Å². The molecule has 0 aromatic carbocycles. The standard InChI is InChI=1S/C14H24O4/c1-3-11-17-13(15)9-7-5-6-8-10-14(16)18-12-4-2/h5-6H,3-4,7-12H2,1-2H3. The Morgan fingerprint density at radius 2 is 1.22 bits per heavy atom. The number of allylic oxidation sites excluding steroid dienone is 2. The minimum atomic E-state index is -0.163. The van der Waals surface area contributed by atoms with Crippen molar-refractivity contribution in [3.8, 4) is 0 Å². The highest BCUT2D eigenvalue weighted by Gasteiger charge is 2.00. The zero-order valence-corrected chi connectivity index (χ0v) is 11.4. The smallest absolute Gasteiger partial charge is 0.306 e. The van der Waals surface area contributed by atoms with Crippen LogP contribution in [-0.2, 0) is 19.1 Å². The van der Waals surface area contributed by atoms with E-state index in [1.165, 1.54) is 0 Å². The molecule has 4 heteroatoms. The SMILES string of the molecule is CCCOC(=O)CCC=CCCC(=O)OCCC. The lowest BCUT2D eigenvalue weighted by Gasteiger charge is -2.01. The van der Waals surface area contributed by atoms with E-state index in [4.69, 9.17) is 9.47 Å². The highest BCUT2D eigenvalue weighted by Crippen LogP contribution is 1.99. The highest BCUT2D eigenvalue weighted by molar-refractivity contribution is 5.70. The van der Waals surface area contributed by atoms with Crippen molar-refractivity contribution in [1.82, 2.24) is 0 Å². The fourth-order valence-electron chi connectivity index (χ4n) is 1.21. The lowest BCUT2D eigenvalue weighted by Crippen LogP contribution is -2.04. The molecule has 18 heavy (non-hydrogen) atoms. The van der Waals surface area contributed by atoms with Crippen molar-refractivity contribution in [2.24, 2.45) is 0 Å². The fraction of sp³-hybridized carbons (Fsp3) is 0.714. The van der Waals surface area contributed by atoms with E-state index in [1.807, 2.05) is 26.0 Å². The van der Waals surface area contributed by atoms with E-state index < -0.39 is 0 Å². The summed E-state index contributed by atoms with van der Waals surface area (Å²) >= 11 is 0. The lowest BCUT2D eigenvalue weighted by molar-refractivity contribution is -0.144. The zero-order chi connectivity index (χ0) is 13.6. The van der Waals surface area contributed by atoms with Crippen LogP contribution in [0.5, 0.6) is 0 Å². The summed E-state index contributed by atoms with van der Waals surface area (Å²) in [6, 6.07) is 0. The summed E-state index contributed by atoms with van der Waals surface area (Å²) in [6.45, 7) is 4.91. The van der Waals surface area contributed by atoms with E-state index >= 15 is 0 Å². The van der Waals surface area contributed by atoms with Crippen LogP contribution in [0.2, 0.25) is 0 Å². The predicted molar refractivity (Wildman–Crippen MR) is 70.1 cm³/mol. The van der Waals surface area contributed by atoms with Gasteiger partial charge in [0.05, 0.1) is 13.2 Å². The summed E-state index contributed by atoms with van der Waals surface area (Å²) in [6.07, 6.45) is 7.62. The molecule has 4 nitrogen and oxygen atoms in total. The van der Waals surface area contributed by atoms with Crippen LogP contribution in [0.25, 0.3) is 0 Å². The van der Waals surface area contributed by atoms with E-state index in [2.05, 4.69) is 0 Å². The number of rotatable bonds is 10. The Balaban J connectivity index is 3.43. The lowest BCUT2D eigenvalue weighted by atomic mass is 10.2. The average molecular weight is 256 g/mol. The number of carbonyl (C=O) groups excluding carboxylic acids is 2. The first-order valence-corrected chi connectivity index (χ1v) is 6.66. The maximum Gasteiger partial charge on any atom is 0.306 e. The van der Waals surface area contributed by atoms with E-state index in [0.717, 1.165) is 12.8 Å². The van der Waals surface area contributed by atoms with Gasteiger partial charge in [0, 0.05) is 12.8 Å². The third kappa shape index (κ3) is 11.2. The molecular weight excluding hydrogens is 232 g/mol. The third-order valence-corrected chi connectivity index (χ3v) is 2.13. The molecule has 0 fully saturated rings. The molecule has 0 aliphatic carbocycles. The van der Waals surface area contributed by atoms with Gasteiger partial charge in [0.15, 0.2) is 0 Å². The molecule has 0 rings (SSSR count). The summed E-state index contributed by atoms with van der Waals surface area (Å²) < 4.78 is 9.87. The molecule has 0 radical (unpaired) electrons. The molecule has 0 aliphatic heterocycles. The Kier molecular flexibility index (Phi) is 11.3. The molecule has 0 spiro atoms. The van der Waals surface area contributed by atoms with Crippen LogP contribution in [0.15, 0.2) is 12.2 Å². The molecular formula is C14H24O4. The van der Waals surface area contributed by atoms with Crippen LogP contribution >= 0.6 is 0 Å². The van der Waals surface area contributed by atoms with Crippen LogP contribution in [-0.4, -0.2) is 25.2 Å². The quantitative estimate of drug-likeness (QED) is 0.445. The molecule has 0 aromatic heterocycles. The molecule has 0 saturated heterocycles. The van der Waals surface area contributed by atoms with Gasteiger partial charge >= 0.3 is 11.9 Å². The maximum absolute atomic E-state index is 11.1. The average Bonchev–Trinajstić information content (AvgIpc) is 2.37. The second kappa shape index (κ2) is 12.1. The first-order valence-electron chi connectivity index (χ1n) is 6.66. The molecule has 0 heterocycles. The summed E-state index contributed by atoms with van der Waals surface area (Å²) in [7, 11) is 0. The van der Waals surface area contributed by atoms with Gasteiger partial charge in [0.2, 0.25) is 0 Å². The number of hydrogen-bond donors (Lipinski definition) is 0. The molecule has 0 bridgehead atoms. The number of carbonyl (C=O) groups is 2. The first-order chi connectivity index (χ1) is 8.70. The number of ether oxygens (including phenoxy) is 2. The molecule has 0 aromatic rings. The van der Waals surface area contributed by atoms with Crippen molar-refractivity contribution in [1.29, 1.82) is 0 Å². The minimum absolute atomic E-state index is 0.163. The second-order valence-electron chi connectivity index (χ2n) is 3.99. The molecule has 0 saturated carbocycles. The zero-order valence-electron chi connectivity index (χ0n) is 11.4. The topological polar surface area (TPSA) is 52.6 Å². The monoisotopic (exact) mass is 256 g/mol. The van der Waals surface area contributed by atoms with E-state index in [9.17, 15) is 9.59 Å². The van der Waals surface area contributed by atoms with E-state index in [1.54, 1.807) is 0 Å². The predicted octanol–water partition coefficient (Wildman–Crippen LogP) is 3.01. The Bertz CT molecular complexity index is 233. The van der Waals surface area contributed by atoms with Crippen molar-refractivity contribution < 1.29 is 19.1 Å². The molecule has 0 atom stereocenters. The third-order valence-electron chi connectivity index (χ3n) is 2.13. The number of esters is 2. The van der Waals surface area contributed by atoms with Gasteiger partial charge in [-0.2, -0.15) is 0 Å². The van der Waals surface area contributed by atoms with Crippen LogP contribution in [0, 0.1) is 0 Å². The van der Waals surface area contributed by atoms with Gasteiger partial charge in [-0.05, 0) is 25.7 Å². The summed E-state index contributed by atoms with van der Waals surface area (Å²) in [4.78, 5) is 22.3.